The first-order valence-electron chi connectivity index (χ1n) is 20.3. The third-order valence-corrected chi connectivity index (χ3v) is 10.1. The van der Waals surface area contributed by atoms with Gasteiger partial charge in [0.05, 0.1) is 22.6 Å². The van der Waals surface area contributed by atoms with Crippen LogP contribution in [-0.2, 0) is 60.3 Å². The van der Waals surface area contributed by atoms with Crippen LogP contribution in [0.5, 0.6) is 17.2 Å². The van der Waals surface area contributed by atoms with Crippen LogP contribution in [0.1, 0.15) is 0 Å². The summed E-state index contributed by atoms with van der Waals surface area (Å²) in [5, 5.41) is 35.0. The first kappa shape index (κ1) is 50.3. The van der Waals surface area contributed by atoms with Crippen molar-refractivity contribution in [1.82, 2.24) is 19.9 Å². The Hall–Kier alpha value is -6.73. The van der Waals surface area contributed by atoms with Gasteiger partial charge < -0.3 is 20.3 Å². The molecule has 7 aromatic carbocycles. The van der Waals surface area contributed by atoms with E-state index in [0.29, 0.717) is 0 Å². The summed E-state index contributed by atoms with van der Waals surface area (Å²) < 4.78 is 0. The molecule has 11 aromatic rings. The summed E-state index contributed by atoms with van der Waals surface area (Å²) in [6.45, 7) is 0. The number of fused-ring (bicyclic) bond motifs is 3. The first-order valence-corrected chi connectivity index (χ1v) is 20.3. The molecule has 0 saturated carbocycles. The van der Waals surface area contributed by atoms with Crippen LogP contribution in [0.2, 0.25) is 0 Å². The number of hydrogen-bond donors (Lipinski definition) is 3. The number of benzene rings is 7. The molecule has 0 unspecified atom stereocenters. The summed E-state index contributed by atoms with van der Waals surface area (Å²) in [7, 11) is 0. The fourth-order valence-corrected chi connectivity index (χ4v) is 6.91. The Morgan fingerprint density at radius 3 is 1.58 bits per heavy atom. The van der Waals surface area contributed by atoms with E-state index in [0.717, 1.165) is 77.5 Å². The number of aromatic hydroxyl groups is 3. The summed E-state index contributed by atoms with van der Waals surface area (Å²) in [6, 6.07) is 70.5. The number of phenolic OH excluding ortho intramolecular Hbond substituents is 3. The zero-order valence-corrected chi connectivity index (χ0v) is 42.3. The van der Waals surface area contributed by atoms with E-state index in [-0.39, 0.29) is 77.6 Å². The van der Waals surface area contributed by atoms with Crippen molar-refractivity contribution in [3.05, 3.63) is 237 Å². The molecular weight excluding hydrogens is 1350 g/mol. The largest absolute Gasteiger partial charge is 0.507 e. The maximum Gasteiger partial charge on any atom is 0.124 e. The minimum Gasteiger partial charge on any atom is -0.507 e. The summed E-state index contributed by atoms with van der Waals surface area (Å²) in [5.74, 6) is 0.780. The van der Waals surface area contributed by atoms with Gasteiger partial charge in [0.2, 0.25) is 0 Å². The quantitative estimate of drug-likeness (QED) is 0.151. The summed E-state index contributed by atoms with van der Waals surface area (Å²) in [5.41, 5.74) is 7.65. The molecule has 0 spiro atoms. The summed E-state index contributed by atoms with van der Waals surface area (Å²) in [4.78, 5) is 17.5. The molecule has 10 heteroatoms. The summed E-state index contributed by atoms with van der Waals surface area (Å²) in [6.07, 6.45) is 5.39. The van der Waals surface area contributed by atoms with Gasteiger partial charge in [-0.2, -0.15) is 0 Å². The number of para-hydroxylation sites is 4. The monoisotopic (exact) mass is 1400 g/mol. The van der Waals surface area contributed by atoms with E-state index >= 15 is 0 Å². The van der Waals surface area contributed by atoms with Crippen molar-refractivity contribution in [2.75, 3.05) is 0 Å². The van der Waals surface area contributed by atoms with Crippen molar-refractivity contribution in [2.24, 2.45) is 0 Å². The second kappa shape index (κ2) is 25.1. The second-order valence-corrected chi connectivity index (χ2v) is 14.2. The van der Waals surface area contributed by atoms with Gasteiger partial charge in [0, 0.05) is 112 Å². The van der Waals surface area contributed by atoms with Crippen LogP contribution in [0, 0.1) is 6.07 Å². The minimum atomic E-state index is 0. The van der Waals surface area contributed by atoms with Gasteiger partial charge in [0.15, 0.2) is 0 Å². The molecule has 331 valence electrons. The van der Waals surface area contributed by atoms with Gasteiger partial charge in [-0.25, -0.2) is 4.98 Å². The molecule has 4 heterocycles. The third-order valence-electron chi connectivity index (χ3n) is 10.1. The molecule has 4 aromatic heterocycles. The Labute approximate surface area is 424 Å². The van der Waals surface area contributed by atoms with E-state index in [1.54, 1.807) is 42.7 Å². The van der Waals surface area contributed by atoms with Gasteiger partial charge in [-0.1, -0.05) is 121 Å². The molecule has 0 aliphatic carbocycles. The topological polar surface area (TPSA) is 112 Å². The number of rotatable bonds is 4. The van der Waals surface area contributed by atoms with E-state index in [2.05, 4.69) is 26.0 Å². The molecule has 0 saturated heterocycles. The van der Waals surface area contributed by atoms with Crippen LogP contribution in [0.15, 0.2) is 231 Å². The minimum absolute atomic E-state index is 0. The van der Waals surface area contributed by atoms with E-state index in [1.807, 2.05) is 188 Å². The van der Waals surface area contributed by atoms with E-state index in [1.165, 1.54) is 0 Å². The number of phenols is 3. The maximum absolute atomic E-state index is 9.88. The number of pyridine rings is 4. The Kier molecular flexibility index (Phi) is 19.1. The maximum atomic E-state index is 9.88. The van der Waals surface area contributed by atoms with Crippen LogP contribution in [0.25, 0.3) is 77.5 Å². The summed E-state index contributed by atoms with van der Waals surface area (Å²) >= 11 is 0. The molecule has 3 N–H and O–H groups in total. The molecule has 0 bridgehead atoms. The first-order chi connectivity index (χ1) is 31.0. The fourth-order valence-electron chi connectivity index (χ4n) is 6.91. The molecule has 0 aliphatic heterocycles. The zero-order chi connectivity index (χ0) is 43.2. The number of aromatic nitrogens is 4. The molecule has 3 radical (unpaired) electrons. The third kappa shape index (κ3) is 12.7. The molecule has 66 heavy (non-hydrogen) atoms. The molecular formula is C56H41Ir3N4O3-. The van der Waals surface area contributed by atoms with Crippen molar-refractivity contribution >= 4 is 32.4 Å². The van der Waals surface area contributed by atoms with Gasteiger partial charge in [0.25, 0.3) is 0 Å². The standard InChI is InChI=1S/3C15H11NO.C11H8N.3Ir/c17-15-8-4-2-6-12(15)14-10-9-11-5-1-3-7-13(11)16-14;17-15-8-4-3-7-13(15)14-9-11-5-1-2-6-12(11)10-16-14;17-14-8-4-3-7-13(14)15-12-6-2-1-5-11(12)9-10-16-15;1-2-6-10(7-3-1)11-8-4-5-9-12-11;;;/h3*1-10,17H;1-6,8-9H;;;/q;;;-1;;;. The molecule has 0 fully saturated rings. The molecule has 7 nitrogen and oxygen atoms in total. The average molecular weight is 1390 g/mol. The molecule has 0 atom stereocenters. The van der Waals surface area contributed by atoms with Crippen molar-refractivity contribution < 1.29 is 75.6 Å². The Bertz CT molecular complexity index is 3080. The molecule has 11 rings (SSSR count). The van der Waals surface area contributed by atoms with E-state index in [9.17, 15) is 15.3 Å². The van der Waals surface area contributed by atoms with E-state index < -0.39 is 0 Å². The molecule has 0 aliphatic rings. The average Bonchev–Trinajstić information content (AvgIpc) is 3.35. The van der Waals surface area contributed by atoms with Gasteiger partial charge in [-0.3, -0.25) is 9.97 Å². The van der Waals surface area contributed by atoms with Crippen molar-refractivity contribution in [1.29, 1.82) is 0 Å². The Balaban J connectivity index is 0.000000164. The Morgan fingerprint density at radius 1 is 0.364 bits per heavy atom. The van der Waals surface area contributed by atoms with Gasteiger partial charge in [-0.15, -0.1) is 35.9 Å². The van der Waals surface area contributed by atoms with Crippen molar-refractivity contribution in [3.63, 3.8) is 0 Å². The van der Waals surface area contributed by atoms with Crippen molar-refractivity contribution in [2.45, 2.75) is 0 Å². The SMILES string of the molecule is Oc1ccccc1-c1cc2ccccc2cn1.Oc1ccccc1-c1ccc2ccccc2n1.Oc1ccccc1-c1nccc2ccccc12.[Ir].[Ir].[Ir].[c-]1ccccc1-c1ccccn1. The fraction of sp³-hybridized carbons (Fsp3) is 0. The van der Waals surface area contributed by atoms with Crippen LogP contribution in [0.3, 0.4) is 0 Å². The van der Waals surface area contributed by atoms with Gasteiger partial charge in [0.1, 0.15) is 17.2 Å². The predicted molar refractivity (Wildman–Crippen MR) is 255 cm³/mol. The second-order valence-electron chi connectivity index (χ2n) is 14.2. The molecule has 0 amide bonds. The van der Waals surface area contributed by atoms with E-state index in [4.69, 9.17) is 0 Å². The van der Waals surface area contributed by atoms with Crippen LogP contribution in [0.4, 0.5) is 0 Å². The number of hydrogen-bond acceptors (Lipinski definition) is 7. The Morgan fingerprint density at radius 2 is 0.924 bits per heavy atom. The normalized spacial score (nSPS) is 9.94. The zero-order valence-electron chi connectivity index (χ0n) is 35.1. The number of nitrogens with zero attached hydrogens (tertiary/aromatic N) is 4. The van der Waals surface area contributed by atoms with Gasteiger partial charge in [-0.05, 0) is 83.2 Å². The van der Waals surface area contributed by atoms with Gasteiger partial charge >= 0.3 is 0 Å². The predicted octanol–water partition coefficient (Wildman–Crippen LogP) is 13.4. The van der Waals surface area contributed by atoms with Crippen molar-refractivity contribution in [3.8, 4) is 62.3 Å². The van der Waals surface area contributed by atoms with Crippen LogP contribution >= 0.6 is 0 Å². The van der Waals surface area contributed by atoms with Crippen LogP contribution in [-0.4, -0.2) is 35.3 Å². The van der Waals surface area contributed by atoms with Crippen LogP contribution < -0.4 is 0 Å². The smallest absolute Gasteiger partial charge is 0.124 e.